The number of ether oxygens (including phenoxy) is 1. The number of rotatable bonds is 2. The number of nitrogens with zero attached hydrogens (tertiary/aromatic N) is 2. The first-order valence-electron chi connectivity index (χ1n) is 5.34. The van der Waals surface area contributed by atoms with Crippen molar-refractivity contribution in [3.8, 4) is 16.6 Å². The lowest BCUT2D eigenvalue weighted by Gasteiger charge is -2.32. The van der Waals surface area contributed by atoms with Crippen molar-refractivity contribution in [1.29, 1.82) is 5.26 Å². The van der Waals surface area contributed by atoms with E-state index in [1.165, 1.54) is 10.4 Å². The van der Waals surface area contributed by atoms with Gasteiger partial charge in [-0.15, -0.1) is 11.3 Å². The molecule has 1 aliphatic rings. The molecule has 0 unspecified atom stereocenters. The molecule has 2 aromatic heterocycles. The van der Waals surface area contributed by atoms with E-state index in [0.29, 0.717) is 19.0 Å². The highest BCUT2D eigenvalue weighted by atomic mass is 32.1. The molecule has 2 aromatic rings. The van der Waals surface area contributed by atoms with Crippen molar-refractivity contribution in [2.45, 2.75) is 12.3 Å². The maximum atomic E-state index is 9.20. The number of aryl methyl sites for hydroxylation is 1. The predicted molar refractivity (Wildman–Crippen MR) is 64.7 cm³/mol. The lowest BCUT2D eigenvalue weighted by Crippen LogP contribution is -2.46. The first-order chi connectivity index (χ1) is 8.25. The summed E-state index contributed by atoms with van der Waals surface area (Å²) in [6.07, 6.45) is 1.80. The van der Waals surface area contributed by atoms with Crippen LogP contribution in [-0.2, 0) is 10.2 Å². The smallest absolute Gasteiger partial charge is 0.161 e. The van der Waals surface area contributed by atoms with Crippen molar-refractivity contribution in [2.24, 2.45) is 0 Å². The number of nitrogens with one attached hydrogen (secondary N) is 1. The number of aromatic amines is 1. The van der Waals surface area contributed by atoms with Crippen molar-refractivity contribution in [3.05, 3.63) is 29.0 Å². The fourth-order valence-electron chi connectivity index (χ4n) is 1.89. The Balaban J connectivity index is 1.99. The number of nitriles is 1. The molecular weight excluding hydrogens is 234 g/mol. The first kappa shape index (κ1) is 10.5. The van der Waals surface area contributed by atoms with Crippen LogP contribution in [0.25, 0.3) is 10.6 Å². The lowest BCUT2D eigenvalue weighted by molar-refractivity contribution is -0.0335. The van der Waals surface area contributed by atoms with Gasteiger partial charge in [0.15, 0.2) is 5.41 Å². The van der Waals surface area contributed by atoms with E-state index >= 15 is 0 Å². The van der Waals surface area contributed by atoms with E-state index in [2.05, 4.69) is 34.4 Å². The van der Waals surface area contributed by atoms with Gasteiger partial charge in [0.2, 0.25) is 0 Å². The van der Waals surface area contributed by atoms with Crippen LogP contribution >= 0.6 is 11.3 Å². The highest BCUT2D eigenvalue weighted by Gasteiger charge is 2.43. The monoisotopic (exact) mass is 245 g/mol. The average molecular weight is 245 g/mol. The third kappa shape index (κ3) is 1.49. The van der Waals surface area contributed by atoms with E-state index in [0.717, 1.165) is 5.69 Å². The zero-order chi connectivity index (χ0) is 11.9. The summed E-state index contributed by atoms with van der Waals surface area (Å²) in [5, 5.41) is 11.3. The van der Waals surface area contributed by atoms with Crippen LogP contribution in [-0.4, -0.2) is 23.2 Å². The molecular formula is C12H11N3OS. The van der Waals surface area contributed by atoms with E-state index in [1.807, 2.05) is 0 Å². The van der Waals surface area contributed by atoms with Crippen molar-refractivity contribution >= 4 is 11.3 Å². The van der Waals surface area contributed by atoms with Crippen LogP contribution in [0, 0.1) is 18.3 Å². The highest BCUT2D eigenvalue weighted by molar-refractivity contribution is 7.13. The zero-order valence-corrected chi connectivity index (χ0v) is 10.2. The normalized spacial score (nSPS) is 17.4. The van der Waals surface area contributed by atoms with Gasteiger partial charge in [0, 0.05) is 0 Å². The standard InChI is InChI=1S/C12H11N3OS/c1-8-2-3-17-10(8)9-4-14-11(15-9)12(5-13)6-16-7-12/h2-4H,6-7H2,1H3,(H,14,15). The minimum atomic E-state index is -0.566. The van der Waals surface area contributed by atoms with Gasteiger partial charge < -0.3 is 9.72 Å². The van der Waals surface area contributed by atoms with Gasteiger partial charge in [0.05, 0.1) is 36.1 Å². The second kappa shape index (κ2) is 3.69. The summed E-state index contributed by atoms with van der Waals surface area (Å²) in [5.74, 6) is 0.717. The molecule has 1 fully saturated rings. The summed E-state index contributed by atoms with van der Waals surface area (Å²) in [7, 11) is 0. The Morgan fingerprint density at radius 2 is 2.41 bits per heavy atom. The number of imidazole rings is 1. The predicted octanol–water partition coefficient (Wildman–Crippen LogP) is 2.24. The molecule has 5 heteroatoms. The van der Waals surface area contributed by atoms with Gasteiger partial charge in [-0.2, -0.15) is 5.26 Å². The van der Waals surface area contributed by atoms with Crippen LogP contribution in [0.1, 0.15) is 11.4 Å². The minimum absolute atomic E-state index is 0.430. The summed E-state index contributed by atoms with van der Waals surface area (Å²) < 4.78 is 5.13. The number of hydrogen-bond donors (Lipinski definition) is 1. The van der Waals surface area contributed by atoms with E-state index < -0.39 is 5.41 Å². The third-order valence-corrected chi connectivity index (χ3v) is 4.10. The molecule has 0 spiro atoms. The molecule has 0 aliphatic carbocycles. The fourth-order valence-corrected chi connectivity index (χ4v) is 2.78. The second-order valence-electron chi connectivity index (χ2n) is 4.26. The van der Waals surface area contributed by atoms with Crippen LogP contribution in [0.2, 0.25) is 0 Å². The molecule has 3 heterocycles. The molecule has 1 saturated heterocycles. The Hall–Kier alpha value is -1.64. The van der Waals surface area contributed by atoms with Gasteiger partial charge in [-0.3, -0.25) is 0 Å². The SMILES string of the molecule is Cc1ccsc1-c1cnc(C2(C#N)COC2)[nH]1. The summed E-state index contributed by atoms with van der Waals surface area (Å²) in [5.41, 5.74) is 1.64. The molecule has 0 saturated carbocycles. The largest absolute Gasteiger partial charge is 0.377 e. The number of aromatic nitrogens is 2. The highest BCUT2D eigenvalue weighted by Crippen LogP contribution is 2.33. The fraction of sp³-hybridized carbons (Fsp3) is 0.333. The van der Waals surface area contributed by atoms with Crippen LogP contribution in [0.4, 0.5) is 0 Å². The molecule has 17 heavy (non-hydrogen) atoms. The Kier molecular flexibility index (Phi) is 2.28. The van der Waals surface area contributed by atoms with E-state index in [4.69, 9.17) is 4.74 Å². The minimum Gasteiger partial charge on any atom is -0.377 e. The van der Waals surface area contributed by atoms with E-state index in [-0.39, 0.29) is 0 Å². The molecule has 1 N–H and O–H groups in total. The molecule has 0 radical (unpaired) electrons. The Bertz CT molecular complexity index is 589. The van der Waals surface area contributed by atoms with Crippen LogP contribution in [0.15, 0.2) is 17.6 Å². The van der Waals surface area contributed by atoms with E-state index in [9.17, 15) is 5.26 Å². The Morgan fingerprint density at radius 1 is 1.59 bits per heavy atom. The molecule has 0 bridgehead atoms. The van der Waals surface area contributed by atoms with Gasteiger partial charge in [-0.1, -0.05) is 0 Å². The maximum Gasteiger partial charge on any atom is 0.161 e. The summed E-state index contributed by atoms with van der Waals surface area (Å²) in [4.78, 5) is 8.75. The quantitative estimate of drug-likeness (QED) is 0.882. The lowest BCUT2D eigenvalue weighted by atomic mass is 9.87. The summed E-state index contributed by atoms with van der Waals surface area (Å²) in [6.45, 7) is 2.93. The van der Waals surface area contributed by atoms with Crippen molar-refractivity contribution in [1.82, 2.24) is 9.97 Å². The number of hydrogen-bond acceptors (Lipinski definition) is 4. The summed E-state index contributed by atoms with van der Waals surface area (Å²) in [6, 6.07) is 4.37. The maximum absolute atomic E-state index is 9.20. The van der Waals surface area contributed by atoms with Gasteiger partial charge in [-0.25, -0.2) is 4.98 Å². The molecule has 0 atom stereocenters. The molecule has 0 aromatic carbocycles. The number of thiophene rings is 1. The molecule has 1 aliphatic heterocycles. The van der Waals surface area contributed by atoms with Gasteiger partial charge in [0.1, 0.15) is 5.82 Å². The molecule has 4 nitrogen and oxygen atoms in total. The van der Waals surface area contributed by atoms with Crippen LogP contribution in [0.5, 0.6) is 0 Å². The van der Waals surface area contributed by atoms with Crippen molar-refractivity contribution in [2.75, 3.05) is 13.2 Å². The van der Waals surface area contributed by atoms with Crippen molar-refractivity contribution < 1.29 is 4.74 Å². The van der Waals surface area contributed by atoms with Crippen LogP contribution in [0.3, 0.4) is 0 Å². The average Bonchev–Trinajstić information content (AvgIpc) is 2.86. The van der Waals surface area contributed by atoms with Gasteiger partial charge >= 0.3 is 0 Å². The molecule has 0 amide bonds. The second-order valence-corrected chi connectivity index (χ2v) is 5.18. The van der Waals surface area contributed by atoms with Gasteiger partial charge in [-0.05, 0) is 23.9 Å². The van der Waals surface area contributed by atoms with Gasteiger partial charge in [0.25, 0.3) is 0 Å². The molecule has 3 rings (SSSR count). The van der Waals surface area contributed by atoms with Crippen molar-refractivity contribution in [3.63, 3.8) is 0 Å². The Labute approximate surface area is 103 Å². The first-order valence-corrected chi connectivity index (χ1v) is 6.22. The Morgan fingerprint density at radius 3 is 2.94 bits per heavy atom. The third-order valence-electron chi connectivity index (χ3n) is 3.05. The summed E-state index contributed by atoms with van der Waals surface area (Å²) >= 11 is 1.67. The topological polar surface area (TPSA) is 61.7 Å². The van der Waals surface area contributed by atoms with Crippen LogP contribution < -0.4 is 0 Å². The number of H-pyrrole nitrogens is 1. The van der Waals surface area contributed by atoms with E-state index in [1.54, 1.807) is 17.5 Å². The molecule has 86 valence electrons. The zero-order valence-electron chi connectivity index (χ0n) is 9.36.